The first-order chi connectivity index (χ1) is 18.7. The average molecular weight is 734 g/mol. The molecule has 1 saturated heterocycles. The molecule has 1 atom stereocenters. The van der Waals surface area contributed by atoms with Crippen molar-refractivity contribution in [3.05, 3.63) is 0 Å². The molecule has 1 unspecified atom stereocenters. The lowest BCUT2D eigenvalue weighted by molar-refractivity contribution is -0.483. The molecule has 0 radical (unpaired) electrons. The SMILES string of the molecule is FC(F)(F)C(F)(F)C(F)(F)C(F)(F)C(F)(F)C(F)(F)C(F)(F)C(F)(F)C(F)(F)C(F)(F)C(F)(F)C(F)(F)C1([SiH3])CCCCO1. The van der Waals surface area contributed by atoms with Crippen molar-refractivity contribution in [3.63, 3.8) is 0 Å². The van der Waals surface area contributed by atoms with Crippen molar-refractivity contribution < 1.29 is 114 Å². The van der Waals surface area contributed by atoms with E-state index in [1.807, 2.05) is 0 Å². The lowest BCUT2D eigenvalue weighted by atomic mass is 9.83. The quantitative estimate of drug-likeness (QED) is 0.156. The van der Waals surface area contributed by atoms with Crippen LogP contribution < -0.4 is 0 Å². The zero-order valence-corrected chi connectivity index (χ0v) is 22.2. The molecule has 0 aromatic carbocycles. The molecule has 1 aliphatic heterocycles. The maximum atomic E-state index is 14.4. The number of hydrogen-bond donors (Lipinski definition) is 0. The molecule has 0 spiro atoms. The second-order valence-corrected chi connectivity index (χ2v) is 11.0. The van der Waals surface area contributed by atoms with E-state index in [1.165, 1.54) is 0 Å². The predicted molar refractivity (Wildman–Crippen MR) is 92.9 cm³/mol. The summed E-state index contributed by atoms with van der Waals surface area (Å²) in [7, 11) is -1.59. The van der Waals surface area contributed by atoms with Gasteiger partial charge in [-0.2, -0.15) is 110 Å². The van der Waals surface area contributed by atoms with Gasteiger partial charge in [-0.15, -0.1) is 0 Å². The van der Waals surface area contributed by atoms with Crippen LogP contribution in [-0.2, 0) is 4.74 Å². The molecule has 0 saturated carbocycles. The van der Waals surface area contributed by atoms with Gasteiger partial charge >= 0.3 is 71.3 Å². The van der Waals surface area contributed by atoms with Gasteiger partial charge < -0.3 is 4.74 Å². The molecule has 27 heteroatoms. The molecule has 0 bridgehead atoms. The molecular formula is C17H11F25OSi. The fourth-order valence-corrected chi connectivity index (χ4v) is 4.34. The highest BCUT2D eigenvalue weighted by Crippen LogP contribution is 2.68. The Balaban J connectivity index is 3.88. The Morgan fingerprint density at radius 2 is 0.614 bits per heavy atom. The van der Waals surface area contributed by atoms with E-state index in [-0.39, 0.29) is 6.42 Å². The van der Waals surface area contributed by atoms with Crippen LogP contribution in [0.4, 0.5) is 110 Å². The van der Waals surface area contributed by atoms with Gasteiger partial charge in [0.15, 0.2) is 0 Å². The lowest BCUT2D eigenvalue weighted by Gasteiger charge is -2.48. The maximum Gasteiger partial charge on any atom is 0.460 e. The number of ether oxygens (including phenoxy) is 1. The van der Waals surface area contributed by atoms with E-state index in [1.54, 1.807) is 0 Å². The third-order valence-electron chi connectivity index (χ3n) is 6.43. The molecule has 1 nitrogen and oxygen atoms in total. The van der Waals surface area contributed by atoms with Gasteiger partial charge in [-0.25, -0.2) is 0 Å². The predicted octanol–water partition coefficient (Wildman–Crippen LogP) is 7.80. The number of hydrogen-bond acceptors (Lipinski definition) is 1. The second kappa shape index (κ2) is 10.2. The Bertz CT molecular complexity index is 1050. The maximum absolute atomic E-state index is 14.4. The summed E-state index contributed by atoms with van der Waals surface area (Å²) in [5.74, 6) is -98.2. The van der Waals surface area contributed by atoms with Gasteiger partial charge in [0.2, 0.25) is 0 Å². The van der Waals surface area contributed by atoms with Gasteiger partial charge in [0.05, 0.1) is 10.2 Å². The third-order valence-corrected chi connectivity index (χ3v) is 7.85. The summed E-state index contributed by atoms with van der Waals surface area (Å²) in [6.07, 6.45) is -10.6. The van der Waals surface area contributed by atoms with Crippen LogP contribution in [0.15, 0.2) is 0 Å². The largest absolute Gasteiger partial charge is 0.460 e. The minimum atomic E-state index is -9.58. The molecule has 0 aromatic heterocycles. The summed E-state index contributed by atoms with van der Waals surface area (Å²) in [5.41, 5.74) is 0. The Kier molecular flexibility index (Phi) is 9.39. The van der Waals surface area contributed by atoms with Gasteiger partial charge in [0.1, 0.15) is 5.22 Å². The van der Waals surface area contributed by atoms with E-state index in [9.17, 15) is 110 Å². The molecule has 44 heavy (non-hydrogen) atoms. The van der Waals surface area contributed by atoms with Crippen molar-refractivity contribution in [2.75, 3.05) is 6.61 Å². The highest BCUT2D eigenvalue weighted by Gasteiger charge is 3.00. The van der Waals surface area contributed by atoms with Crippen LogP contribution in [0, 0.1) is 0 Å². The molecular weight excluding hydrogens is 723 g/mol. The van der Waals surface area contributed by atoms with Gasteiger partial charge in [-0.1, -0.05) is 0 Å². The molecule has 1 rings (SSSR count). The molecule has 1 aliphatic rings. The molecule has 264 valence electrons. The Morgan fingerprint density at radius 3 is 0.841 bits per heavy atom. The monoisotopic (exact) mass is 734 g/mol. The lowest BCUT2D eigenvalue weighted by Crippen LogP contribution is -2.79. The molecule has 1 fully saturated rings. The van der Waals surface area contributed by atoms with Gasteiger partial charge in [-0.05, 0) is 19.3 Å². The summed E-state index contributed by atoms with van der Waals surface area (Å²) in [4.78, 5) is 0. The fourth-order valence-electron chi connectivity index (χ4n) is 3.47. The molecule has 0 N–H and O–H groups in total. The van der Waals surface area contributed by atoms with Crippen LogP contribution in [0.25, 0.3) is 0 Å². The van der Waals surface area contributed by atoms with Crippen LogP contribution in [0.1, 0.15) is 19.3 Å². The molecule has 0 aliphatic carbocycles. The number of alkyl halides is 25. The second-order valence-electron chi connectivity index (χ2n) is 9.35. The van der Waals surface area contributed by atoms with Crippen molar-refractivity contribution in [1.82, 2.24) is 0 Å². The number of rotatable bonds is 11. The van der Waals surface area contributed by atoms with Crippen LogP contribution in [-0.4, -0.2) is 93.4 Å². The Morgan fingerprint density at radius 1 is 0.364 bits per heavy atom. The van der Waals surface area contributed by atoms with Gasteiger partial charge in [0, 0.05) is 6.61 Å². The van der Waals surface area contributed by atoms with Crippen LogP contribution in [0.5, 0.6) is 0 Å². The van der Waals surface area contributed by atoms with E-state index in [0.29, 0.717) is 0 Å². The van der Waals surface area contributed by atoms with Crippen LogP contribution in [0.2, 0.25) is 0 Å². The Hall–Kier alpha value is -1.57. The van der Waals surface area contributed by atoms with E-state index in [4.69, 9.17) is 0 Å². The normalized spacial score (nSPS) is 22.0. The summed E-state index contributed by atoms with van der Waals surface area (Å²) < 4.78 is 342. The third kappa shape index (κ3) is 4.64. The van der Waals surface area contributed by atoms with Crippen molar-refractivity contribution >= 4 is 10.2 Å². The summed E-state index contributed by atoms with van der Waals surface area (Å²) in [6, 6.07) is 0. The van der Waals surface area contributed by atoms with E-state index in [2.05, 4.69) is 4.74 Å². The van der Waals surface area contributed by atoms with Crippen molar-refractivity contribution in [2.45, 2.75) is 95.8 Å². The van der Waals surface area contributed by atoms with E-state index >= 15 is 0 Å². The zero-order chi connectivity index (χ0) is 36.0. The number of halogens is 25. The summed E-state index contributed by atoms with van der Waals surface area (Å²) in [6.45, 7) is -1.03. The highest BCUT2D eigenvalue weighted by atomic mass is 28.1. The molecule has 0 amide bonds. The first-order valence-electron chi connectivity index (χ1n) is 10.6. The topological polar surface area (TPSA) is 9.23 Å². The first kappa shape index (κ1) is 40.5. The van der Waals surface area contributed by atoms with Crippen molar-refractivity contribution in [1.29, 1.82) is 0 Å². The standard InChI is InChI=1S/C17H11F25OSi/c18-6(19,5(44)3-1-2-4-43-5)7(20,21)8(22,23)9(24,25)10(26,27)11(28,29)12(30,31)13(32,33)14(34,35)15(36,37)16(38,39)17(40,41)42/h1-4H2,44H3. The van der Waals surface area contributed by atoms with E-state index < -0.39 is 106 Å². The minimum absolute atomic E-state index is 0.301. The van der Waals surface area contributed by atoms with Crippen molar-refractivity contribution in [3.8, 4) is 0 Å². The van der Waals surface area contributed by atoms with Gasteiger partial charge in [-0.3, -0.25) is 0 Å². The average Bonchev–Trinajstić information content (AvgIpc) is 2.82. The first-order valence-corrected chi connectivity index (χ1v) is 11.6. The molecule has 1 heterocycles. The van der Waals surface area contributed by atoms with E-state index in [0.717, 1.165) is 0 Å². The van der Waals surface area contributed by atoms with Crippen molar-refractivity contribution in [2.24, 2.45) is 0 Å². The van der Waals surface area contributed by atoms with Crippen LogP contribution >= 0.6 is 0 Å². The minimum Gasteiger partial charge on any atom is -0.373 e. The Labute approximate surface area is 228 Å². The smallest absolute Gasteiger partial charge is 0.373 e. The fraction of sp³-hybridized carbons (Fsp3) is 1.00. The zero-order valence-electron chi connectivity index (χ0n) is 20.2. The summed E-state index contributed by atoms with van der Waals surface area (Å²) >= 11 is 0. The molecule has 0 aromatic rings. The highest BCUT2D eigenvalue weighted by molar-refractivity contribution is 6.15. The van der Waals surface area contributed by atoms with Gasteiger partial charge in [0.25, 0.3) is 0 Å². The van der Waals surface area contributed by atoms with Crippen LogP contribution in [0.3, 0.4) is 0 Å². The summed E-state index contributed by atoms with van der Waals surface area (Å²) in [5, 5.41) is -3.93.